The van der Waals surface area contributed by atoms with Crippen LogP contribution in [0.5, 0.6) is 5.75 Å². The first kappa shape index (κ1) is 21.6. The van der Waals surface area contributed by atoms with Gasteiger partial charge in [0.2, 0.25) is 0 Å². The largest absolute Gasteiger partial charge is 0.496 e. The van der Waals surface area contributed by atoms with Crippen molar-refractivity contribution in [1.29, 1.82) is 0 Å². The highest BCUT2D eigenvalue weighted by atomic mass is 35.5. The average Bonchev–Trinajstić information content (AvgIpc) is 2.97. The summed E-state index contributed by atoms with van der Waals surface area (Å²) in [6, 6.07) is 6.11. The van der Waals surface area contributed by atoms with E-state index in [1.165, 1.54) is 50.1 Å². The van der Waals surface area contributed by atoms with Gasteiger partial charge in [0.05, 0.1) is 18.4 Å². The number of aryl methyl sites for hydroxylation is 1. The first-order chi connectivity index (χ1) is 14.6. The van der Waals surface area contributed by atoms with Crippen LogP contribution in [0.2, 0.25) is 5.02 Å². The van der Waals surface area contributed by atoms with Gasteiger partial charge in [0.1, 0.15) is 15.6 Å². The zero-order valence-electron chi connectivity index (χ0n) is 17.8. The van der Waals surface area contributed by atoms with Gasteiger partial charge in [-0.2, -0.15) is 0 Å². The van der Waals surface area contributed by atoms with Crippen molar-refractivity contribution < 1.29 is 9.53 Å². The number of rotatable bonds is 4. The highest BCUT2D eigenvalue weighted by Gasteiger charge is 2.29. The van der Waals surface area contributed by atoms with Crippen molar-refractivity contribution in [2.45, 2.75) is 51.5 Å². The molecular formula is C23H30ClN3O2S. The number of piperidine rings is 1. The van der Waals surface area contributed by atoms with Gasteiger partial charge < -0.3 is 14.5 Å². The van der Waals surface area contributed by atoms with Gasteiger partial charge in [-0.15, -0.1) is 11.3 Å². The number of carbonyl (C=O) groups is 1. The first-order valence-corrected chi connectivity index (χ1v) is 12.1. The molecule has 1 aromatic carbocycles. The molecule has 2 aromatic rings. The predicted molar refractivity (Wildman–Crippen MR) is 123 cm³/mol. The molecule has 0 spiro atoms. The number of methoxy groups -OCH3 is 1. The minimum Gasteiger partial charge on any atom is -0.496 e. The average molecular weight is 448 g/mol. The molecule has 5 nitrogen and oxygen atoms in total. The highest BCUT2D eigenvalue weighted by molar-refractivity contribution is 7.17. The van der Waals surface area contributed by atoms with Crippen LogP contribution in [0.3, 0.4) is 0 Å². The molecule has 1 aromatic heterocycles. The van der Waals surface area contributed by atoms with Crippen LogP contribution in [0.15, 0.2) is 18.2 Å². The van der Waals surface area contributed by atoms with E-state index in [1.54, 1.807) is 13.2 Å². The number of aromatic nitrogens is 1. The number of nitrogens with zero attached hydrogens (tertiary/aromatic N) is 3. The Morgan fingerprint density at radius 1 is 1.13 bits per heavy atom. The van der Waals surface area contributed by atoms with E-state index in [9.17, 15) is 4.79 Å². The van der Waals surface area contributed by atoms with Crippen LogP contribution in [0, 0.1) is 6.92 Å². The molecule has 3 heterocycles. The molecule has 162 valence electrons. The summed E-state index contributed by atoms with van der Waals surface area (Å²) in [6.45, 7) is 6.00. The summed E-state index contributed by atoms with van der Waals surface area (Å²) in [6.07, 6.45) is 7.48. The Kier molecular flexibility index (Phi) is 6.96. The molecule has 0 radical (unpaired) electrons. The van der Waals surface area contributed by atoms with E-state index in [0.717, 1.165) is 47.1 Å². The fraction of sp³-hybridized carbons (Fsp3) is 0.565. The Morgan fingerprint density at radius 3 is 2.50 bits per heavy atom. The van der Waals surface area contributed by atoms with Gasteiger partial charge >= 0.3 is 0 Å². The van der Waals surface area contributed by atoms with Crippen LogP contribution < -0.4 is 4.74 Å². The maximum atomic E-state index is 13.2. The van der Waals surface area contributed by atoms with Crippen LogP contribution in [-0.4, -0.2) is 60.0 Å². The third-order valence-corrected chi connectivity index (χ3v) is 7.71. The summed E-state index contributed by atoms with van der Waals surface area (Å²) in [5.41, 5.74) is 1.61. The summed E-state index contributed by atoms with van der Waals surface area (Å²) in [4.78, 5) is 23.3. The van der Waals surface area contributed by atoms with E-state index >= 15 is 0 Å². The smallest absolute Gasteiger partial charge is 0.265 e. The number of amides is 1. The third-order valence-electron chi connectivity index (χ3n) is 6.29. The number of thiazole rings is 1. The van der Waals surface area contributed by atoms with Crippen LogP contribution >= 0.6 is 22.9 Å². The molecule has 7 heteroatoms. The molecule has 30 heavy (non-hydrogen) atoms. The standard InChI is InChI=1S/C23H30ClN3O2S/c1-16-21(30-22(25-16)19-15-17(24)7-8-20(19)29-2)23(28)27-13-9-18(10-14-27)26-11-5-3-4-6-12-26/h7-8,15,18H,3-6,9-14H2,1-2H3. The van der Waals surface area contributed by atoms with E-state index in [2.05, 4.69) is 9.88 Å². The van der Waals surface area contributed by atoms with Crippen molar-refractivity contribution in [3.63, 3.8) is 0 Å². The number of ether oxygens (including phenoxy) is 1. The van der Waals surface area contributed by atoms with E-state index < -0.39 is 0 Å². The van der Waals surface area contributed by atoms with Gasteiger partial charge in [0, 0.05) is 24.2 Å². The molecule has 0 unspecified atom stereocenters. The van der Waals surface area contributed by atoms with E-state index in [1.807, 2.05) is 24.0 Å². The summed E-state index contributed by atoms with van der Waals surface area (Å²) in [5, 5.41) is 1.40. The summed E-state index contributed by atoms with van der Waals surface area (Å²) in [7, 11) is 1.63. The van der Waals surface area contributed by atoms with Gasteiger partial charge in [-0.25, -0.2) is 4.98 Å². The third kappa shape index (κ3) is 4.66. The Morgan fingerprint density at radius 2 is 1.83 bits per heavy atom. The van der Waals surface area contributed by atoms with Crippen LogP contribution in [0.1, 0.15) is 53.9 Å². The van der Waals surface area contributed by atoms with Crippen LogP contribution in [0.25, 0.3) is 10.6 Å². The monoisotopic (exact) mass is 447 g/mol. The Bertz CT molecular complexity index is 885. The molecule has 0 aliphatic carbocycles. The minimum absolute atomic E-state index is 0.103. The Balaban J connectivity index is 1.45. The van der Waals surface area contributed by atoms with Crippen molar-refractivity contribution in [3.8, 4) is 16.3 Å². The summed E-state index contributed by atoms with van der Waals surface area (Å²) >= 11 is 7.62. The highest BCUT2D eigenvalue weighted by Crippen LogP contribution is 2.37. The molecule has 0 atom stereocenters. The number of halogens is 1. The second kappa shape index (κ2) is 9.67. The van der Waals surface area contributed by atoms with Gasteiger partial charge in [-0.1, -0.05) is 24.4 Å². The van der Waals surface area contributed by atoms with E-state index in [0.29, 0.717) is 16.8 Å². The molecule has 2 aliphatic rings. The quantitative estimate of drug-likeness (QED) is 0.641. The number of carbonyl (C=O) groups excluding carboxylic acids is 1. The molecule has 2 saturated heterocycles. The normalized spacial score (nSPS) is 19.0. The van der Waals surface area contributed by atoms with Gasteiger partial charge in [0.15, 0.2) is 0 Å². The topological polar surface area (TPSA) is 45.7 Å². The first-order valence-electron chi connectivity index (χ1n) is 10.9. The van der Waals surface area contributed by atoms with Crippen molar-refractivity contribution in [2.75, 3.05) is 33.3 Å². The minimum atomic E-state index is 0.103. The van der Waals surface area contributed by atoms with Crippen LogP contribution in [-0.2, 0) is 0 Å². The Labute approximate surface area is 188 Å². The number of benzene rings is 1. The SMILES string of the molecule is COc1ccc(Cl)cc1-c1nc(C)c(C(=O)N2CCC(N3CCCCCC3)CC2)s1. The fourth-order valence-corrected chi connectivity index (χ4v) is 5.82. The molecule has 0 saturated carbocycles. The van der Waals surface area contributed by atoms with Crippen molar-refractivity contribution in [2.24, 2.45) is 0 Å². The second-order valence-electron chi connectivity index (χ2n) is 8.25. The lowest BCUT2D eigenvalue weighted by atomic mass is 10.0. The van der Waals surface area contributed by atoms with Crippen molar-refractivity contribution >= 4 is 28.8 Å². The number of hydrogen-bond donors (Lipinski definition) is 0. The van der Waals surface area contributed by atoms with E-state index in [4.69, 9.17) is 16.3 Å². The summed E-state index contributed by atoms with van der Waals surface area (Å²) in [5.74, 6) is 0.817. The zero-order chi connectivity index (χ0) is 21.1. The maximum Gasteiger partial charge on any atom is 0.265 e. The molecule has 1 amide bonds. The predicted octanol–water partition coefficient (Wildman–Crippen LogP) is 5.26. The van der Waals surface area contributed by atoms with Gasteiger partial charge in [0.25, 0.3) is 5.91 Å². The molecule has 0 bridgehead atoms. The number of hydrogen-bond acceptors (Lipinski definition) is 5. The van der Waals surface area contributed by atoms with E-state index in [-0.39, 0.29) is 5.91 Å². The molecule has 0 N–H and O–H groups in total. The molecule has 2 fully saturated rings. The van der Waals surface area contributed by atoms with Gasteiger partial charge in [-0.3, -0.25) is 4.79 Å². The maximum absolute atomic E-state index is 13.2. The lowest BCUT2D eigenvalue weighted by Gasteiger charge is -2.38. The van der Waals surface area contributed by atoms with Gasteiger partial charge in [-0.05, 0) is 63.9 Å². The summed E-state index contributed by atoms with van der Waals surface area (Å²) < 4.78 is 5.47. The zero-order valence-corrected chi connectivity index (χ0v) is 19.4. The fourth-order valence-electron chi connectivity index (χ4n) is 4.60. The Hall–Kier alpha value is -1.63. The van der Waals surface area contributed by atoms with Crippen molar-refractivity contribution in [3.05, 3.63) is 33.8 Å². The second-order valence-corrected chi connectivity index (χ2v) is 9.69. The molecule has 2 aliphatic heterocycles. The molecular weight excluding hydrogens is 418 g/mol. The van der Waals surface area contributed by atoms with Crippen LogP contribution in [0.4, 0.5) is 0 Å². The number of likely N-dealkylation sites (tertiary alicyclic amines) is 2. The lowest BCUT2D eigenvalue weighted by molar-refractivity contribution is 0.0626. The van der Waals surface area contributed by atoms with Crippen molar-refractivity contribution in [1.82, 2.24) is 14.8 Å². The lowest BCUT2D eigenvalue weighted by Crippen LogP contribution is -2.47. The molecule has 4 rings (SSSR count).